The van der Waals surface area contributed by atoms with Crippen LogP contribution < -0.4 is 5.32 Å². The van der Waals surface area contributed by atoms with Crippen molar-refractivity contribution in [2.75, 3.05) is 31.1 Å². The third-order valence-corrected chi connectivity index (χ3v) is 6.29. The largest absolute Gasteiger partial charge is 0.311 e. The quantitative estimate of drug-likeness (QED) is 0.780. The highest BCUT2D eigenvalue weighted by Gasteiger charge is 2.36. The minimum Gasteiger partial charge on any atom is -0.311 e. The molecule has 2 atom stereocenters. The van der Waals surface area contributed by atoms with Gasteiger partial charge < -0.3 is 5.32 Å². The molecule has 1 rings (SSSR count). The zero-order chi connectivity index (χ0) is 15.4. The van der Waals surface area contributed by atoms with E-state index in [1.165, 1.54) is 0 Å². The maximum absolute atomic E-state index is 11.8. The molecule has 0 spiro atoms. The van der Waals surface area contributed by atoms with Gasteiger partial charge in [0, 0.05) is 37.0 Å². The minimum absolute atomic E-state index is 0.0801. The fourth-order valence-corrected chi connectivity index (χ4v) is 3.64. The summed E-state index contributed by atoms with van der Waals surface area (Å²) in [4.78, 5) is 2.39. The van der Waals surface area contributed by atoms with Crippen molar-refractivity contribution in [1.82, 2.24) is 10.2 Å². The molecule has 20 heavy (non-hydrogen) atoms. The predicted molar refractivity (Wildman–Crippen MR) is 85.8 cm³/mol. The molecular weight excluding hydrogens is 272 g/mol. The molecule has 5 heteroatoms. The van der Waals surface area contributed by atoms with Crippen LogP contribution in [0.3, 0.4) is 0 Å². The highest BCUT2D eigenvalue weighted by atomic mass is 32.2. The van der Waals surface area contributed by atoms with Gasteiger partial charge in [-0.15, -0.1) is 0 Å². The van der Waals surface area contributed by atoms with Crippen molar-refractivity contribution >= 4 is 9.84 Å². The Balaban J connectivity index is 2.69. The maximum atomic E-state index is 11.8. The molecule has 0 radical (unpaired) electrons. The zero-order valence-corrected chi connectivity index (χ0v) is 14.6. The Morgan fingerprint density at radius 2 is 2.00 bits per heavy atom. The van der Waals surface area contributed by atoms with Crippen LogP contribution in [0.25, 0.3) is 0 Å². The van der Waals surface area contributed by atoms with E-state index in [1.807, 2.05) is 0 Å². The normalized spacial score (nSPS) is 29.0. The Morgan fingerprint density at radius 1 is 1.35 bits per heavy atom. The summed E-state index contributed by atoms with van der Waals surface area (Å²) in [7, 11) is -2.88. The lowest BCUT2D eigenvalue weighted by atomic mass is 9.90. The third kappa shape index (κ3) is 5.01. The van der Waals surface area contributed by atoms with Gasteiger partial charge in [-0.1, -0.05) is 27.7 Å². The van der Waals surface area contributed by atoms with Gasteiger partial charge in [-0.3, -0.25) is 4.90 Å². The van der Waals surface area contributed by atoms with E-state index >= 15 is 0 Å². The maximum Gasteiger partial charge on any atom is 0.151 e. The molecule has 0 bridgehead atoms. The van der Waals surface area contributed by atoms with Crippen LogP contribution in [0.2, 0.25) is 0 Å². The van der Waals surface area contributed by atoms with Crippen LogP contribution >= 0.6 is 0 Å². The van der Waals surface area contributed by atoms with Crippen LogP contribution in [0.5, 0.6) is 0 Å². The molecule has 0 saturated carbocycles. The molecular formula is C15H32N2O2S. The number of sulfone groups is 1. The fraction of sp³-hybridized carbons (Fsp3) is 1.00. The van der Waals surface area contributed by atoms with Gasteiger partial charge in [-0.05, 0) is 25.7 Å². The SMILES string of the molecule is CCC1(C)CNC(CC(C)C)CN1CCS(=O)(=O)CC. The second kappa shape index (κ2) is 7.23. The highest BCUT2D eigenvalue weighted by molar-refractivity contribution is 7.91. The van der Waals surface area contributed by atoms with Gasteiger partial charge >= 0.3 is 0 Å². The van der Waals surface area contributed by atoms with E-state index in [1.54, 1.807) is 6.92 Å². The molecule has 0 aromatic heterocycles. The molecule has 0 aliphatic carbocycles. The standard InChI is InChI=1S/C15H32N2O2S/c1-6-15(5)12-16-14(10-13(3)4)11-17(15)8-9-20(18,19)7-2/h13-14,16H,6-12H2,1-5H3. The van der Waals surface area contributed by atoms with Crippen molar-refractivity contribution < 1.29 is 8.42 Å². The van der Waals surface area contributed by atoms with Gasteiger partial charge in [-0.2, -0.15) is 0 Å². The molecule has 0 aromatic rings. The summed E-state index contributed by atoms with van der Waals surface area (Å²) < 4.78 is 23.5. The molecule has 1 aliphatic rings. The van der Waals surface area contributed by atoms with E-state index in [-0.39, 0.29) is 17.0 Å². The van der Waals surface area contributed by atoms with Crippen LogP contribution in [-0.2, 0) is 9.84 Å². The summed E-state index contributed by atoms with van der Waals surface area (Å²) in [6.45, 7) is 13.2. The minimum atomic E-state index is -2.88. The van der Waals surface area contributed by atoms with E-state index in [9.17, 15) is 8.42 Å². The second-order valence-corrected chi connectivity index (χ2v) is 9.21. The molecule has 120 valence electrons. The van der Waals surface area contributed by atoms with Crippen molar-refractivity contribution in [3.63, 3.8) is 0 Å². The topological polar surface area (TPSA) is 49.4 Å². The van der Waals surface area contributed by atoms with Gasteiger partial charge in [0.2, 0.25) is 0 Å². The van der Waals surface area contributed by atoms with E-state index in [4.69, 9.17) is 0 Å². The van der Waals surface area contributed by atoms with Crippen LogP contribution in [0.1, 0.15) is 47.5 Å². The van der Waals surface area contributed by atoms with Gasteiger partial charge in [0.05, 0.1) is 5.75 Å². The lowest BCUT2D eigenvalue weighted by Gasteiger charge is -2.48. The number of hydrogen-bond acceptors (Lipinski definition) is 4. The lowest BCUT2D eigenvalue weighted by molar-refractivity contribution is 0.0502. The number of nitrogens with one attached hydrogen (secondary N) is 1. The molecule has 2 unspecified atom stereocenters. The van der Waals surface area contributed by atoms with E-state index < -0.39 is 9.84 Å². The van der Waals surface area contributed by atoms with E-state index in [0.717, 1.165) is 25.9 Å². The fourth-order valence-electron chi connectivity index (χ4n) is 2.86. The first kappa shape index (κ1) is 17.9. The van der Waals surface area contributed by atoms with Crippen LogP contribution in [-0.4, -0.2) is 56.0 Å². The number of rotatable bonds is 7. The molecule has 4 nitrogen and oxygen atoms in total. The highest BCUT2D eigenvalue weighted by Crippen LogP contribution is 2.24. The number of hydrogen-bond donors (Lipinski definition) is 1. The Bertz CT molecular complexity index is 395. The van der Waals surface area contributed by atoms with Crippen molar-refractivity contribution in [2.45, 2.75) is 59.0 Å². The molecule has 0 amide bonds. The second-order valence-electron chi connectivity index (χ2n) is 6.74. The molecule has 1 fully saturated rings. The van der Waals surface area contributed by atoms with Crippen LogP contribution in [0, 0.1) is 5.92 Å². The predicted octanol–water partition coefficient (Wildman–Crippen LogP) is 1.91. The Labute approximate surface area is 125 Å². The van der Waals surface area contributed by atoms with Crippen LogP contribution in [0.15, 0.2) is 0 Å². The summed E-state index contributed by atoms with van der Waals surface area (Å²) >= 11 is 0. The van der Waals surface area contributed by atoms with Crippen molar-refractivity contribution in [2.24, 2.45) is 5.92 Å². The first-order chi connectivity index (χ1) is 9.22. The Kier molecular flexibility index (Phi) is 6.48. The first-order valence-electron chi connectivity index (χ1n) is 7.91. The number of piperazine rings is 1. The molecule has 1 saturated heterocycles. The zero-order valence-electron chi connectivity index (χ0n) is 13.8. The van der Waals surface area contributed by atoms with E-state index in [0.29, 0.717) is 18.5 Å². The van der Waals surface area contributed by atoms with Gasteiger partial charge in [0.25, 0.3) is 0 Å². The third-order valence-electron chi connectivity index (χ3n) is 4.61. The first-order valence-corrected chi connectivity index (χ1v) is 9.73. The summed E-state index contributed by atoms with van der Waals surface area (Å²) in [5, 5.41) is 3.64. The molecule has 0 aromatic carbocycles. The molecule has 1 aliphatic heterocycles. The summed E-state index contributed by atoms with van der Waals surface area (Å²) in [6, 6.07) is 0.485. The average Bonchev–Trinajstić information content (AvgIpc) is 2.39. The smallest absolute Gasteiger partial charge is 0.151 e. The monoisotopic (exact) mass is 304 g/mol. The number of nitrogens with zero attached hydrogens (tertiary/aromatic N) is 1. The summed E-state index contributed by atoms with van der Waals surface area (Å²) in [5.74, 6) is 1.20. The van der Waals surface area contributed by atoms with Crippen LogP contribution in [0.4, 0.5) is 0 Å². The van der Waals surface area contributed by atoms with Crippen molar-refractivity contribution in [1.29, 1.82) is 0 Å². The van der Waals surface area contributed by atoms with Crippen molar-refractivity contribution in [3.8, 4) is 0 Å². The van der Waals surface area contributed by atoms with Gasteiger partial charge in [-0.25, -0.2) is 8.42 Å². The average molecular weight is 305 g/mol. The lowest BCUT2D eigenvalue weighted by Crippen LogP contribution is -2.63. The Morgan fingerprint density at radius 3 is 2.50 bits per heavy atom. The molecule has 1 heterocycles. The van der Waals surface area contributed by atoms with Gasteiger partial charge in [0.1, 0.15) is 0 Å². The molecule has 1 N–H and O–H groups in total. The summed E-state index contributed by atoms with van der Waals surface area (Å²) in [6.07, 6.45) is 2.19. The van der Waals surface area contributed by atoms with E-state index in [2.05, 4.69) is 37.9 Å². The van der Waals surface area contributed by atoms with Gasteiger partial charge in [0.15, 0.2) is 9.84 Å². The summed E-state index contributed by atoms with van der Waals surface area (Å²) in [5.41, 5.74) is 0.0801. The Hall–Kier alpha value is -0.130. The van der Waals surface area contributed by atoms with Crippen molar-refractivity contribution in [3.05, 3.63) is 0 Å².